The fourth-order valence-electron chi connectivity index (χ4n) is 1.88. The van der Waals surface area contributed by atoms with Crippen LogP contribution in [0, 0.1) is 0 Å². The molecule has 0 bridgehead atoms. The number of nitrogens with zero attached hydrogens (tertiary/aromatic N) is 1. The molecule has 100 valence electrons. The third kappa shape index (κ3) is 4.07. The number of hydrogen-bond acceptors (Lipinski definition) is 3. The van der Waals surface area contributed by atoms with Crippen molar-refractivity contribution < 1.29 is 4.74 Å². The molecule has 0 saturated carbocycles. The van der Waals surface area contributed by atoms with E-state index in [-0.39, 0.29) is 6.04 Å². The van der Waals surface area contributed by atoms with Gasteiger partial charge in [-0.2, -0.15) is 0 Å². The van der Waals surface area contributed by atoms with Gasteiger partial charge >= 0.3 is 0 Å². The summed E-state index contributed by atoms with van der Waals surface area (Å²) in [5, 5.41) is 0. The molecule has 1 aromatic heterocycles. The van der Waals surface area contributed by atoms with Crippen molar-refractivity contribution in [3.8, 4) is 5.75 Å². The van der Waals surface area contributed by atoms with E-state index in [1.54, 1.807) is 6.20 Å². The molecule has 0 saturated heterocycles. The largest absolute Gasteiger partial charge is 0.493 e. The quantitative estimate of drug-likeness (QED) is 0.864. The lowest BCUT2D eigenvalue weighted by atomic mass is 10.1. The van der Waals surface area contributed by atoms with E-state index in [0.29, 0.717) is 6.61 Å². The van der Waals surface area contributed by atoms with E-state index in [1.165, 1.54) is 5.56 Å². The SMILES string of the molecule is CC[C@H](N)c1ccc(OCCc2cccnc2)cc1. The Bertz CT molecular complexity index is 482. The second-order valence-corrected chi connectivity index (χ2v) is 4.54. The maximum absolute atomic E-state index is 5.97. The van der Waals surface area contributed by atoms with Crippen LogP contribution in [-0.2, 0) is 6.42 Å². The Balaban J connectivity index is 1.83. The number of aromatic nitrogens is 1. The minimum atomic E-state index is 0.115. The van der Waals surface area contributed by atoms with Crippen molar-refractivity contribution in [1.82, 2.24) is 4.98 Å². The van der Waals surface area contributed by atoms with Crippen molar-refractivity contribution >= 4 is 0 Å². The molecule has 2 N–H and O–H groups in total. The van der Waals surface area contributed by atoms with Crippen LogP contribution in [0.2, 0.25) is 0 Å². The first-order valence-electron chi connectivity index (χ1n) is 6.67. The van der Waals surface area contributed by atoms with Crippen molar-refractivity contribution in [2.75, 3.05) is 6.61 Å². The molecule has 0 unspecified atom stereocenters. The third-order valence-electron chi connectivity index (χ3n) is 3.13. The van der Waals surface area contributed by atoms with E-state index >= 15 is 0 Å². The summed E-state index contributed by atoms with van der Waals surface area (Å²) >= 11 is 0. The lowest BCUT2D eigenvalue weighted by molar-refractivity contribution is 0.321. The van der Waals surface area contributed by atoms with Crippen LogP contribution in [0.3, 0.4) is 0 Å². The van der Waals surface area contributed by atoms with Gasteiger partial charge in [-0.25, -0.2) is 0 Å². The topological polar surface area (TPSA) is 48.1 Å². The molecule has 0 aliphatic rings. The van der Waals surface area contributed by atoms with Crippen molar-refractivity contribution in [3.05, 3.63) is 59.9 Å². The fraction of sp³-hybridized carbons (Fsp3) is 0.312. The summed E-state index contributed by atoms with van der Waals surface area (Å²) < 4.78 is 5.71. The van der Waals surface area contributed by atoms with Gasteiger partial charge in [0, 0.05) is 24.9 Å². The van der Waals surface area contributed by atoms with Crippen LogP contribution in [-0.4, -0.2) is 11.6 Å². The number of nitrogens with two attached hydrogens (primary N) is 1. The molecule has 0 spiro atoms. The van der Waals surface area contributed by atoms with Gasteiger partial charge in [0.15, 0.2) is 0 Å². The lowest BCUT2D eigenvalue weighted by Gasteiger charge is -2.10. The first-order chi connectivity index (χ1) is 9.29. The van der Waals surface area contributed by atoms with E-state index in [9.17, 15) is 0 Å². The van der Waals surface area contributed by atoms with Crippen molar-refractivity contribution in [3.63, 3.8) is 0 Å². The highest BCUT2D eigenvalue weighted by molar-refractivity contribution is 5.29. The van der Waals surface area contributed by atoms with Crippen LogP contribution in [0.5, 0.6) is 5.75 Å². The van der Waals surface area contributed by atoms with Crippen LogP contribution >= 0.6 is 0 Å². The maximum Gasteiger partial charge on any atom is 0.119 e. The van der Waals surface area contributed by atoms with E-state index in [0.717, 1.165) is 24.2 Å². The molecule has 0 amide bonds. The highest BCUT2D eigenvalue weighted by atomic mass is 16.5. The normalized spacial score (nSPS) is 12.1. The second-order valence-electron chi connectivity index (χ2n) is 4.54. The number of hydrogen-bond donors (Lipinski definition) is 1. The standard InChI is InChI=1S/C16H20N2O/c1-2-16(17)14-5-7-15(8-6-14)19-11-9-13-4-3-10-18-12-13/h3-8,10,12,16H,2,9,11,17H2,1H3/t16-/m0/s1. The predicted octanol–water partition coefficient (Wildman–Crippen LogP) is 3.11. The zero-order chi connectivity index (χ0) is 13.5. The lowest BCUT2D eigenvalue weighted by Crippen LogP contribution is -2.08. The van der Waals surface area contributed by atoms with Crippen LogP contribution < -0.4 is 10.5 Å². The van der Waals surface area contributed by atoms with Crippen molar-refractivity contribution in [2.45, 2.75) is 25.8 Å². The van der Waals surface area contributed by atoms with Crippen LogP contribution in [0.1, 0.15) is 30.5 Å². The fourth-order valence-corrected chi connectivity index (χ4v) is 1.88. The molecule has 3 heteroatoms. The summed E-state index contributed by atoms with van der Waals surface area (Å²) in [6.07, 6.45) is 5.46. The molecule has 0 fully saturated rings. The molecule has 1 aromatic carbocycles. The highest BCUT2D eigenvalue weighted by Crippen LogP contribution is 2.18. The summed E-state index contributed by atoms with van der Waals surface area (Å²) in [7, 11) is 0. The van der Waals surface area contributed by atoms with Gasteiger partial charge in [0.2, 0.25) is 0 Å². The van der Waals surface area contributed by atoms with E-state index < -0.39 is 0 Å². The molecule has 19 heavy (non-hydrogen) atoms. The summed E-state index contributed by atoms with van der Waals surface area (Å²) in [6, 6.07) is 12.1. The van der Waals surface area contributed by atoms with Crippen molar-refractivity contribution in [1.29, 1.82) is 0 Å². The third-order valence-corrected chi connectivity index (χ3v) is 3.13. The van der Waals surface area contributed by atoms with Crippen LogP contribution in [0.25, 0.3) is 0 Å². The average molecular weight is 256 g/mol. The smallest absolute Gasteiger partial charge is 0.119 e. The van der Waals surface area contributed by atoms with Crippen LogP contribution in [0.15, 0.2) is 48.8 Å². The molecule has 0 radical (unpaired) electrons. The molecule has 2 rings (SSSR count). The van der Waals surface area contributed by atoms with E-state index in [2.05, 4.69) is 18.0 Å². The van der Waals surface area contributed by atoms with Gasteiger partial charge in [0.05, 0.1) is 6.61 Å². The second kappa shape index (κ2) is 6.90. The Labute approximate surface area is 114 Å². The first kappa shape index (κ1) is 13.6. The number of benzene rings is 1. The van der Waals surface area contributed by atoms with Crippen LogP contribution in [0.4, 0.5) is 0 Å². The molecule has 1 atom stereocenters. The zero-order valence-electron chi connectivity index (χ0n) is 11.3. The van der Waals surface area contributed by atoms with Gasteiger partial charge in [-0.15, -0.1) is 0 Å². The van der Waals surface area contributed by atoms with E-state index in [1.807, 2.05) is 36.5 Å². The van der Waals surface area contributed by atoms with Gasteiger partial charge in [-0.05, 0) is 35.7 Å². The monoisotopic (exact) mass is 256 g/mol. The Kier molecular flexibility index (Phi) is 4.93. The van der Waals surface area contributed by atoms with Gasteiger partial charge in [-0.1, -0.05) is 25.1 Å². The van der Waals surface area contributed by atoms with Gasteiger partial charge in [-0.3, -0.25) is 4.98 Å². The zero-order valence-corrected chi connectivity index (χ0v) is 11.3. The minimum Gasteiger partial charge on any atom is -0.493 e. The molecule has 0 aliphatic carbocycles. The Morgan fingerprint density at radius 3 is 2.63 bits per heavy atom. The minimum absolute atomic E-state index is 0.115. The molecular formula is C16H20N2O. The highest BCUT2D eigenvalue weighted by Gasteiger charge is 2.03. The molecule has 2 aromatic rings. The summed E-state index contributed by atoms with van der Waals surface area (Å²) in [5.41, 5.74) is 8.31. The van der Waals surface area contributed by atoms with Gasteiger partial charge < -0.3 is 10.5 Å². The molecule has 1 heterocycles. The Morgan fingerprint density at radius 1 is 1.21 bits per heavy atom. The van der Waals surface area contributed by atoms with Gasteiger partial charge in [0.1, 0.15) is 5.75 Å². The molecular weight excluding hydrogens is 236 g/mol. The molecule has 3 nitrogen and oxygen atoms in total. The van der Waals surface area contributed by atoms with Crippen molar-refractivity contribution in [2.24, 2.45) is 5.73 Å². The number of pyridine rings is 1. The Hall–Kier alpha value is -1.87. The first-order valence-corrected chi connectivity index (χ1v) is 6.67. The Morgan fingerprint density at radius 2 is 2.00 bits per heavy atom. The predicted molar refractivity (Wildman–Crippen MR) is 77.1 cm³/mol. The number of ether oxygens (including phenoxy) is 1. The summed E-state index contributed by atoms with van der Waals surface area (Å²) in [5.74, 6) is 0.885. The summed E-state index contributed by atoms with van der Waals surface area (Å²) in [4.78, 5) is 4.08. The molecule has 0 aliphatic heterocycles. The average Bonchev–Trinajstić information content (AvgIpc) is 2.48. The number of rotatable bonds is 6. The van der Waals surface area contributed by atoms with E-state index in [4.69, 9.17) is 10.5 Å². The maximum atomic E-state index is 5.97. The summed E-state index contributed by atoms with van der Waals surface area (Å²) in [6.45, 7) is 2.74. The van der Waals surface area contributed by atoms with Gasteiger partial charge in [0.25, 0.3) is 0 Å².